The molecule has 1 aromatic carbocycles. The van der Waals surface area contributed by atoms with Crippen LogP contribution in [0.1, 0.15) is 6.92 Å². The first-order chi connectivity index (χ1) is 12.8. The second kappa shape index (κ2) is 7.83. The number of aliphatic carboxylic acids is 2. The number of anilines is 1. The Labute approximate surface area is 163 Å². The van der Waals surface area contributed by atoms with Gasteiger partial charge in [-0.1, -0.05) is 30.0 Å². The maximum absolute atomic E-state index is 12.2. The summed E-state index contributed by atoms with van der Waals surface area (Å²) in [4.78, 5) is 36.5. The molecule has 1 saturated heterocycles. The van der Waals surface area contributed by atoms with Crippen molar-refractivity contribution in [1.82, 2.24) is 4.90 Å². The van der Waals surface area contributed by atoms with Gasteiger partial charge in [-0.2, -0.15) is 0 Å². The smallest absolute Gasteiger partial charge is 0.354 e. The van der Waals surface area contributed by atoms with Crippen LogP contribution in [0.5, 0.6) is 0 Å². The van der Waals surface area contributed by atoms with Crippen molar-refractivity contribution >= 4 is 47.1 Å². The average molecular weight is 410 g/mol. The van der Waals surface area contributed by atoms with Gasteiger partial charge in [-0.15, -0.1) is 11.8 Å². The van der Waals surface area contributed by atoms with Gasteiger partial charge in [0.1, 0.15) is 11.4 Å². The first kappa shape index (κ1) is 19.6. The van der Waals surface area contributed by atoms with E-state index in [1.54, 1.807) is 24.3 Å². The van der Waals surface area contributed by atoms with E-state index in [0.29, 0.717) is 9.92 Å². The SMILES string of the molecule is CC(O)[C@H]1C(=O)N2C(C(=O)O)=C(SC[C@H](Nc3ccccc3)C(=O)O)S[C@H]12. The van der Waals surface area contributed by atoms with Gasteiger partial charge >= 0.3 is 11.9 Å². The summed E-state index contributed by atoms with van der Waals surface area (Å²) in [6.45, 7) is 1.50. The number of aliphatic hydroxyl groups excluding tert-OH is 1. The Morgan fingerprint density at radius 3 is 2.52 bits per heavy atom. The van der Waals surface area contributed by atoms with E-state index in [4.69, 9.17) is 0 Å². The molecule has 8 nitrogen and oxygen atoms in total. The molecule has 2 aliphatic heterocycles. The zero-order valence-corrected chi connectivity index (χ0v) is 15.9. The molecule has 0 saturated carbocycles. The van der Waals surface area contributed by atoms with Crippen molar-refractivity contribution in [2.75, 3.05) is 11.1 Å². The number of hydrogen-bond donors (Lipinski definition) is 4. The number of fused-ring (bicyclic) bond motifs is 1. The van der Waals surface area contributed by atoms with Crippen molar-refractivity contribution in [1.29, 1.82) is 0 Å². The summed E-state index contributed by atoms with van der Waals surface area (Å²) in [5.74, 6) is -3.30. The third kappa shape index (κ3) is 3.78. The first-order valence-electron chi connectivity index (χ1n) is 8.13. The van der Waals surface area contributed by atoms with Crippen molar-refractivity contribution in [3.8, 4) is 0 Å². The first-order valence-corrected chi connectivity index (χ1v) is 10.0. The summed E-state index contributed by atoms with van der Waals surface area (Å²) >= 11 is 2.27. The summed E-state index contributed by atoms with van der Waals surface area (Å²) < 4.78 is 0.380. The van der Waals surface area contributed by atoms with E-state index < -0.39 is 41.3 Å². The lowest BCUT2D eigenvalue weighted by atomic mass is 9.92. The minimum Gasteiger partial charge on any atom is -0.480 e. The molecule has 1 amide bonds. The van der Waals surface area contributed by atoms with Crippen molar-refractivity contribution in [3.05, 3.63) is 40.3 Å². The van der Waals surface area contributed by atoms with Crippen LogP contribution in [0.25, 0.3) is 0 Å². The van der Waals surface area contributed by atoms with Gasteiger partial charge < -0.3 is 20.6 Å². The van der Waals surface area contributed by atoms with Crippen LogP contribution in [0.3, 0.4) is 0 Å². The molecule has 0 aromatic heterocycles. The Morgan fingerprint density at radius 2 is 1.96 bits per heavy atom. The number of thioether (sulfide) groups is 2. The van der Waals surface area contributed by atoms with Crippen LogP contribution in [0.4, 0.5) is 5.69 Å². The number of nitrogens with one attached hydrogen (secondary N) is 1. The van der Waals surface area contributed by atoms with Crippen molar-refractivity contribution in [2.24, 2.45) is 5.92 Å². The van der Waals surface area contributed by atoms with Crippen LogP contribution in [-0.2, 0) is 14.4 Å². The molecule has 0 spiro atoms. The molecule has 0 aliphatic carbocycles. The minimum atomic E-state index is -1.24. The standard InChI is InChI=1S/C17H18N2O6S2/c1-8(20)11-13(21)19-12(16(24)25)17(27-14(11)19)26-7-10(15(22)23)18-9-5-3-2-4-6-9/h2-6,8,10-11,14,18,20H,7H2,1H3,(H,22,23)(H,24,25)/t8?,10-,11-,14+/m0/s1. The highest BCUT2D eigenvalue weighted by Crippen LogP contribution is 2.53. The van der Waals surface area contributed by atoms with Crippen LogP contribution in [0.2, 0.25) is 0 Å². The van der Waals surface area contributed by atoms with E-state index in [0.717, 1.165) is 11.8 Å². The van der Waals surface area contributed by atoms with Crippen LogP contribution in [0, 0.1) is 5.92 Å². The van der Waals surface area contributed by atoms with Gasteiger partial charge in [0, 0.05) is 11.4 Å². The number of carboxylic acid groups (broad SMARTS) is 2. The molecule has 0 radical (unpaired) electrons. The lowest BCUT2D eigenvalue weighted by Crippen LogP contribution is -2.60. The summed E-state index contributed by atoms with van der Waals surface area (Å²) in [7, 11) is 0. The molecule has 1 fully saturated rings. The van der Waals surface area contributed by atoms with Gasteiger partial charge in [-0.3, -0.25) is 9.69 Å². The summed E-state index contributed by atoms with van der Waals surface area (Å²) in [5.41, 5.74) is 0.505. The minimum absolute atomic E-state index is 0.0808. The van der Waals surface area contributed by atoms with Crippen molar-refractivity contribution < 1.29 is 29.7 Å². The number of amides is 1. The monoisotopic (exact) mass is 410 g/mol. The highest BCUT2D eigenvalue weighted by Gasteiger charge is 2.57. The zero-order chi connectivity index (χ0) is 19.7. The molecule has 0 bridgehead atoms. The van der Waals surface area contributed by atoms with Crippen LogP contribution in [0.15, 0.2) is 40.3 Å². The second-order valence-electron chi connectivity index (χ2n) is 6.14. The van der Waals surface area contributed by atoms with E-state index in [1.165, 1.54) is 23.6 Å². The van der Waals surface area contributed by atoms with Crippen LogP contribution in [-0.4, -0.2) is 61.3 Å². The zero-order valence-electron chi connectivity index (χ0n) is 14.2. The highest BCUT2D eigenvalue weighted by atomic mass is 32.2. The molecular weight excluding hydrogens is 392 g/mol. The highest BCUT2D eigenvalue weighted by molar-refractivity contribution is 8.22. The van der Waals surface area contributed by atoms with Crippen molar-refractivity contribution in [3.63, 3.8) is 0 Å². The Morgan fingerprint density at radius 1 is 1.30 bits per heavy atom. The van der Waals surface area contributed by atoms with E-state index in [2.05, 4.69) is 5.32 Å². The van der Waals surface area contributed by atoms with Gasteiger partial charge in [0.25, 0.3) is 0 Å². The maximum Gasteiger partial charge on any atom is 0.354 e. The number of hydrogen-bond acceptors (Lipinski definition) is 7. The molecule has 27 heavy (non-hydrogen) atoms. The molecule has 2 aliphatic rings. The lowest BCUT2D eigenvalue weighted by molar-refractivity contribution is -0.156. The quantitative estimate of drug-likeness (QED) is 0.471. The predicted octanol–water partition coefficient (Wildman–Crippen LogP) is 1.45. The number of aliphatic hydroxyl groups is 1. The number of benzene rings is 1. The summed E-state index contributed by atoms with van der Waals surface area (Å²) in [6, 6.07) is 7.92. The fraction of sp³-hybridized carbons (Fsp3) is 0.353. The number of carbonyl (C=O) groups excluding carboxylic acids is 1. The molecule has 10 heteroatoms. The maximum atomic E-state index is 12.2. The van der Waals surface area contributed by atoms with Gasteiger partial charge in [0.2, 0.25) is 5.91 Å². The number of para-hydroxylation sites is 1. The van der Waals surface area contributed by atoms with Crippen molar-refractivity contribution in [2.45, 2.75) is 24.4 Å². The Balaban J connectivity index is 1.73. The van der Waals surface area contributed by atoms with E-state index in [9.17, 15) is 29.7 Å². The summed E-state index contributed by atoms with van der Waals surface area (Å²) in [6.07, 6.45) is -0.878. The third-order valence-corrected chi connectivity index (χ3v) is 7.01. The van der Waals surface area contributed by atoms with Gasteiger partial charge in [-0.25, -0.2) is 9.59 Å². The molecule has 2 heterocycles. The average Bonchev–Trinajstić information content (AvgIpc) is 2.93. The van der Waals surface area contributed by atoms with E-state index in [-0.39, 0.29) is 11.4 Å². The fourth-order valence-electron chi connectivity index (χ4n) is 2.92. The van der Waals surface area contributed by atoms with Gasteiger partial charge in [0.15, 0.2) is 5.70 Å². The topological polar surface area (TPSA) is 127 Å². The Kier molecular flexibility index (Phi) is 5.68. The molecule has 3 rings (SSSR count). The number of carboxylic acids is 2. The predicted molar refractivity (Wildman–Crippen MR) is 102 cm³/mol. The number of rotatable bonds is 8. The Bertz CT molecular complexity index is 798. The normalized spacial score (nSPS) is 23.5. The number of β-lactam (4-membered cyclic amide) rings is 1. The van der Waals surface area contributed by atoms with E-state index >= 15 is 0 Å². The molecule has 144 valence electrons. The Hall–Kier alpha value is -2.17. The number of carbonyl (C=O) groups is 3. The van der Waals surface area contributed by atoms with E-state index in [1.807, 2.05) is 6.07 Å². The summed E-state index contributed by atoms with van der Waals surface area (Å²) in [5, 5.41) is 31.1. The third-order valence-electron chi connectivity index (χ3n) is 4.26. The van der Waals surface area contributed by atoms with Crippen LogP contribution < -0.4 is 5.32 Å². The molecular formula is C17H18N2O6S2. The lowest BCUT2D eigenvalue weighted by Gasteiger charge is -2.43. The molecule has 1 aromatic rings. The van der Waals surface area contributed by atoms with Crippen LogP contribution >= 0.6 is 23.5 Å². The number of nitrogens with zero attached hydrogens (tertiary/aromatic N) is 1. The fourth-order valence-corrected chi connectivity index (χ4v) is 5.88. The molecule has 4 N–H and O–H groups in total. The largest absolute Gasteiger partial charge is 0.480 e. The molecule has 1 unspecified atom stereocenters. The van der Waals surface area contributed by atoms with Gasteiger partial charge in [-0.05, 0) is 19.1 Å². The van der Waals surface area contributed by atoms with Gasteiger partial charge in [0.05, 0.1) is 16.3 Å². The molecule has 4 atom stereocenters. The second-order valence-corrected chi connectivity index (χ2v) is 8.55.